The van der Waals surface area contributed by atoms with Crippen molar-refractivity contribution >= 4 is 17.4 Å². The van der Waals surface area contributed by atoms with Crippen molar-refractivity contribution in [3.63, 3.8) is 0 Å². The van der Waals surface area contributed by atoms with E-state index in [4.69, 9.17) is 0 Å². The van der Waals surface area contributed by atoms with Crippen LogP contribution in [-0.2, 0) is 0 Å². The molecule has 5 nitrogen and oxygen atoms in total. The van der Waals surface area contributed by atoms with Gasteiger partial charge in [0.15, 0.2) is 0 Å². The zero-order valence-corrected chi connectivity index (χ0v) is 11.4. The lowest BCUT2D eigenvalue weighted by atomic mass is 10.2. The van der Waals surface area contributed by atoms with E-state index in [1.165, 1.54) is 12.2 Å². The van der Waals surface area contributed by atoms with Gasteiger partial charge < -0.3 is 5.32 Å². The van der Waals surface area contributed by atoms with E-state index >= 15 is 0 Å². The maximum absolute atomic E-state index is 3.90. The third-order valence-electron chi connectivity index (χ3n) is 2.65. The van der Waals surface area contributed by atoms with Crippen LogP contribution in [0.1, 0.15) is 12.0 Å². The second-order valence-electron chi connectivity index (χ2n) is 4.03. The lowest BCUT2D eigenvalue weighted by Gasteiger charge is -2.09. The Hall–Kier alpha value is -1.56. The number of thioether (sulfide) groups is 1. The van der Waals surface area contributed by atoms with Gasteiger partial charge in [-0.05, 0) is 59.5 Å². The Bertz CT molecular complexity index is 483. The van der Waals surface area contributed by atoms with E-state index in [1.807, 2.05) is 17.8 Å². The molecular weight excluding hydrogens is 246 g/mol. The number of nitrogens with one attached hydrogen (secondary N) is 1. The summed E-state index contributed by atoms with van der Waals surface area (Å²) in [5.41, 5.74) is 3.30. The predicted molar refractivity (Wildman–Crippen MR) is 75.4 cm³/mol. The summed E-state index contributed by atoms with van der Waals surface area (Å²) in [6.45, 7) is 3.06. The Balaban J connectivity index is 2.01. The van der Waals surface area contributed by atoms with Crippen molar-refractivity contribution in [2.24, 2.45) is 0 Å². The molecule has 1 heterocycles. The van der Waals surface area contributed by atoms with Gasteiger partial charge in [0, 0.05) is 12.2 Å². The monoisotopic (exact) mass is 263 g/mol. The molecular formula is C12H17N5S. The number of anilines is 1. The number of tetrazole rings is 1. The van der Waals surface area contributed by atoms with Crippen molar-refractivity contribution in [1.29, 1.82) is 0 Å². The quantitative estimate of drug-likeness (QED) is 0.809. The van der Waals surface area contributed by atoms with E-state index in [2.05, 4.69) is 46.2 Å². The normalized spacial score (nSPS) is 10.6. The maximum Gasteiger partial charge on any atom is 0.143 e. The van der Waals surface area contributed by atoms with Gasteiger partial charge in [0.1, 0.15) is 6.33 Å². The van der Waals surface area contributed by atoms with Gasteiger partial charge in [-0.1, -0.05) is 0 Å². The molecule has 0 fully saturated rings. The summed E-state index contributed by atoms with van der Waals surface area (Å²) >= 11 is 1.88. The van der Waals surface area contributed by atoms with Gasteiger partial charge >= 0.3 is 0 Å². The number of nitrogens with zero attached hydrogens (tertiary/aromatic N) is 4. The first kappa shape index (κ1) is 12.9. The van der Waals surface area contributed by atoms with Crippen LogP contribution >= 0.6 is 11.8 Å². The zero-order chi connectivity index (χ0) is 12.8. The first-order valence-electron chi connectivity index (χ1n) is 5.88. The van der Waals surface area contributed by atoms with E-state index in [1.54, 1.807) is 11.0 Å². The summed E-state index contributed by atoms with van der Waals surface area (Å²) in [5.74, 6) is 1.19. The van der Waals surface area contributed by atoms with E-state index in [9.17, 15) is 0 Å². The lowest BCUT2D eigenvalue weighted by Crippen LogP contribution is -2.04. The molecule has 0 aliphatic carbocycles. The van der Waals surface area contributed by atoms with Crippen molar-refractivity contribution < 1.29 is 0 Å². The van der Waals surface area contributed by atoms with Crippen LogP contribution in [-0.4, -0.2) is 38.8 Å². The van der Waals surface area contributed by atoms with Crippen LogP contribution in [0.15, 0.2) is 24.5 Å². The fraction of sp³-hybridized carbons (Fsp3) is 0.417. The average molecular weight is 263 g/mol. The van der Waals surface area contributed by atoms with Crippen LogP contribution in [0.2, 0.25) is 0 Å². The molecule has 0 saturated carbocycles. The summed E-state index contributed by atoms with van der Waals surface area (Å²) < 4.78 is 1.67. The summed E-state index contributed by atoms with van der Waals surface area (Å²) in [6, 6.07) is 6.21. The molecule has 0 atom stereocenters. The Kier molecular flexibility index (Phi) is 4.58. The molecule has 0 aliphatic rings. The Morgan fingerprint density at radius 1 is 1.39 bits per heavy atom. The van der Waals surface area contributed by atoms with Gasteiger partial charge in [-0.25, -0.2) is 4.68 Å². The van der Waals surface area contributed by atoms with E-state index in [0.717, 1.165) is 23.5 Å². The first-order chi connectivity index (χ1) is 8.81. The highest BCUT2D eigenvalue weighted by molar-refractivity contribution is 7.98. The number of aryl methyl sites for hydroxylation is 1. The second-order valence-corrected chi connectivity index (χ2v) is 5.01. The molecule has 1 aromatic heterocycles. The molecule has 6 heteroatoms. The molecule has 0 saturated heterocycles. The molecule has 0 unspecified atom stereocenters. The fourth-order valence-electron chi connectivity index (χ4n) is 1.74. The van der Waals surface area contributed by atoms with Crippen molar-refractivity contribution in [3.8, 4) is 5.69 Å². The van der Waals surface area contributed by atoms with Gasteiger partial charge in [0.25, 0.3) is 0 Å². The van der Waals surface area contributed by atoms with Gasteiger partial charge in [0.2, 0.25) is 0 Å². The molecule has 2 aromatic rings. The minimum absolute atomic E-state index is 1.00. The van der Waals surface area contributed by atoms with Crippen LogP contribution < -0.4 is 5.32 Å². The van der Waals surface area contributed by atoms with Crippen molar-refractivity contribution in [2.75, 3.05) is 23.9 Å². The molecule has 18 heavy (non-hydrogen) atoms. The smallest absolute Gasteiger partial charge is 0.143 e. The third kappa shape index (κ3) is 3.22. The molecule has 96 valence electrons. The first-order valence-corrected chi connectivity index (χ1v) is 7.27. The number of hydrogen-bond acceptors (Lipinski definition) is 5. The Morgan fingerprint density at radius 3 is 2.94 bits per heavy atom. The van der Waals surface area contributed by atoms with Gasteiger partial charge in [-0.15, -0.1) is 5.10 Å². The van der Waals surface area contributed by atoms with Crippen LogP contribution in [0.3, 0.4) is 0 Å². The summed E-state index contributed by atoms with van der Waals surface area (Å²) in [7, 11) is 0. The molecule has 1 aromatic carbocycles. The molecule has 2 rings (SSSR count). The number of rotatable bonds is 6. The van der Waals surface area contributed by atoms with E-state index in [-0.39, 0.29) is 0 Å². The molecule has 0 radical (unpaired) electrons. The maximum atomic E-state index is 3.90. The Labute approximate surface area is 111 Å². The number of aromatic nitrogens is 4. The molecule has 0 amide bonds. The molecule has 1 N–H and O–H groups in total. The zero-order valence-electron chi connectivity index (χ0n) is 10.6. The van der Waals surface area contributed by atoms with Gasteiger partial charge in [0.05, 0.1) is 5.69 Å². The number of benzene rings is 1. The Morgan fingerprint density at radius 2 is 2.28 bits per heavy atom. The predicted octanol–water partition coefficient (Wildman–Crippen LogP) is 2.14. The highest BCUT2D eigenvalue weighted by atomic mass is 32.2. The fourth-order valence-corrected chi connectivity index (χ4v) is 2.18. The summed E-state index contributed by atoms with van der Waals surface area (Å²) in [6.07, 6.45) is 4.91. The number of hydrogen-bond donors (Lipinski definition) is 1. The molecule has 0 spiro atoms. The van der Waals surface area contributed by atoms with Gasteiger partial charge in [-0.2, -0.15) is 11.8 Å². The average Bonchev–Trinajstić information content (AvgIpc) is 2.88. The largest absolute Gasteiger partial charge is 0.385 e. The molecule has 0 bridgehead atoms. The highest BCUT2D eigenvalue weighted by Crippen LogP contribution is 2.17. The summed E-state index contributed by atoms with van der Waals surface area (Å²) in [4.78, 5) is 0. The van der Waals surface area contributed by atoms with E-state index in [0.29, 0.717) is 0 Å². The second kappa shape index (κ2) is 6.39. The van der Waals surface area contributed by atoms with Crippen molar-refractivity contribution in [2.45, 2.75) is 13.3 Å². The van der Waals surface area contributed by atoms with Gasteiger partial charge in [-0.3, -0.25) is 0 Å². The topological polar surface area (TPSA) is 55.6 Å². The van der Waals surface area contributed by atoms with Crippen LogP contribution in [0, 0.1) is 6.92 Å². The highest BCUT2D eigenvalue weighted by Gasteiger charge is 2.03. The van der Waals surface area contributed by atoms with E-state index < -0.39 is 0 Å². The standard InChI is InChI=1S/C12H17N5S/c1-10-8-11(13-6-3-7-18-2)4-5-12(10)17-9-14-15-16-17/h4-5,8-9,13H,3,6-7H2,1-2H3. The minimum atomic E-state index is 1.00. The minimum Gasteiger partial charge on any atom is -0.385 e. The molecule has 0 aliphatic heterocycles. The van der Waals surface area contributed by atoms with Crippen LogP contribution in [0.4, 0.5) is 5.69 Å². The third-order valence-corrected chi connectivity index (χ3v) is 3.34. The van der Waals surface area contributed by atoms with Crippen LogP contribution in [0.25, 0.3) is 5.69 Å². The SMILES string of the molecule is CSCCCNc1ccc(-n2cnnn2)c(C)c1. The van der Waals surface area contributed by atoms with Crippen molar-refractivity contribution in [1.82, 2.24) is 20.2 Å². The van der Waals surface area contributed by atoms with Crippen molar-refractivity contribution in [3.05, 3.63) is 30.1 Å². The van der Waals surface area contributed by atoms with Crippen LogP contribution in [0.5, 0.6) is 0 Å². The lowest BCUT2D eigenvalue weighted by molar-refractivity contribution is 0.785. The summed E-state index contributed by atoms with van der Waals surface area (Å²) in [5, 5.41) is 14.6.